The van der Waals surface area contributed by atoms with E-state index in [0.29, 0.717) is 0 Å². The van der Waals surface area contributed by atoms with Crippen molar-refractivity contribution in [2.75, 3.05) is 0 Å². The van der Waals surface area contributed by atoms with Gasteiger partial charge in [0.1, 0.15) is 5.28 Å². The maximum absolute atomic E-state index is 10.5. The van der Waals surface area contributed by atoms with Crippen LogP contribution in [0.1, 0.15) is 13.8 Å². The summed E-state index contributed by atoms with van der Waals surface area (Å²) in [6.45, 7) is 2.81. The molecule has 56 valence electrons. The highest BCUT2D eigenvalue weighted by Gasteiger charge is 2.36. The molecule has 0 aliphatic rings. The molecule has 0 spiro atoms. The van der Waals surface area contributed by atoms with Crippen LogP contribution in [-0.2, 0) is 4.57 Å². The molecule has 6 heteroatoms. The molecule has 0 atom stereocenters. The van der Waals surface area contributed by atoms with Crippen LogP contribution in [0.2, 0.25) is 0 Å². The van der Waals surface area contributed by atoms with Gasteiger partial charge in [0, 0.05) is 16.1 Å². The Morgan fingerprint density at radius 1 is 1.56 bits per heavy atom. The van der Waals surface area contributed by atoms with Gasteiger partial charge in [-0.05, 0) is 13.8 Å². The summed E-state index contributed by atoms with van der Waals surface area (Å²) < 4.78 is 12.8. The van der Waals surface area contributed by atoms with Crippen molar-refractivity contribution >= 4 is 23.7 Å². The molecule has 0 saturated carbocycles. The van der Waals surface area contributed by atoms with E-state index in [2.05, 4.69) is 20.5 Å². The second-order valence-electron chi connectivity index (χ2n) is 2.20. The molecule has 0 heterocycles. The molecule has 0 unspecified atom stereocenters. The Kier molecular flexibility index (Phi) is 2.86. The molecule has 0 aromatic carbocycles. The molecule has 0 aliphatic heterocycles. The second kappa shape index (κ2) is 2.68. The van der Waals surface area contributed by atoms with Gasteiger partial charge < -0.3 is 9.79 Å². The highest BCUT2D eigenvalue weighted by molar-refractivity contribution is 9.08. The fourth-order valence-electron chi connectivity index (χ4n) is 0.0550. The lowest BCUT2D eigenvalue weighted by Crippen LogP contribution is -2.31. The van der Waals surface area contributed by atoms with Gasteiger partial charge in [0.05, 0.1) is 0 Å². The molecule has 0 rings (SSSR count). The van der Waals surface area contributed by atoms with E-state index in [9.17, 15) is 4.57 Å². The van der Waals surface area contributed by atoms with Gasteiger partial charge in [-0.1, -0.05) is 0 Å². The molecule has 0 fully saturated rings. The zero-order valence-corrected chi connectivity index (χ0v) is 7.61. The van der Waals surface area contributed by atoms with Crippen molar-refractivity contribution in [1.29, 1.82) is 0 Å². The lowest BCUT2D eigenvalue weighted by Gasteiger charge is -2.23. The molecule has 0 bridgehead atoms. The standard InChI is InChI=1S/C3H9BrNO3P/c1-3(2,5-4)9(6,7)8/h5H,1-2H3,(H2,6,7,8). The Morgan fingerprint density at radius 3 is 1.89 bits per heavy atom. The fraction of sp³-hybridized carbons (Fsp3) is 1.00. The molecular formula is C3H9BrNO3P. The van der Waals surface area contributed by atoms with Crippen molar-refractivity contribution in [3.8, 4) is 0 Å². The summed E-state index contributed by atoms with van der Waals surface area (Å²) in [5.74, 6) is 0. The number of rotatable bonds is 2. The Morgan fingerprint density at radius 2 is 1.89 bits per heavy atom. The topological polar surface area (TPSA) is 69.6 Å². The molecule has 0 amide bonds. The summed E-state index contributed by atoms with van der Waals surface area (Å²) >= 11 is 2.76. The van der Waals surface area contributed by atoms with E-state index < -0.39 is 12.9 Å². The molecular weight excluding hydrogens is 209 g/mol. The van der Waals surface area contributed by atoms with Crippen LogP contribution in [0.25, 0.3) is 0 Å². The van der Waals surface area contributed by atoms with Crippen LogP contribution < -0.4 is 4.34 Å². The third kappa shape index (κ3) is 2.35. The summed E-state index contributed by atoms with van der Waals surface area (Å²) in [6, 6.07) is 0. The van der Waals surface area contributed by atoms with Crippen LogP contribution in [-0.4, -0.2) is 15.1 Å². The van der Waals surface area contributed by atoms with Gasteiger partial charge in [0.2, 0.25) is 0 Å². The average molecular weight is 218 g/mol. The normalized spacial score (nSPS) is 13.9. The summed E-state index contributed by atoms with van der Waals surface area (Å²) in [5.41, 5.74) is 0. The highest BCUT2D eigenvalue weighted by atomic mass is 79.9. The number of halogens is 1. The van der Waals surface area contributed by atoms with E-state index in [-0.39, 0.29) is 0 Å². The van der Waals surface area contributed by atoms with Gasteiger partial charge in [-0.2, -0.15) is 0 Å². The zero-order chi connectivity index (χ0) is 7.71. The minimum absolute atomic E-state index is 1.19. The van der Waals surface area contributed by atoms with Gasteiger partial charge in [-0.25, -0.2) is 4.34 Å². The predicted octanol–water partition coefficient (Wildman–Crippen LogP) is 0.800. The zero-order valence-electron chi connectivity index (χ0n) is 5.13. The maximum Gasteiger partial charge on any atom is 0.345 e. The Hall–Kier alpha value is 0.590. The molecule has 3 N–H and O–H groups in total. The van der Waals surface area contributed by atoms with Gasteiger partial charge >= 0.3 is 7.60 Å². The SMILES string of the molecule is CC(C)(NBr)P(=O)(O)O. The molecule has 4 nitrogen and oxygen atoms in total. The van der Waals surface area contributed by atoms with Crippen molar-refractivity contribution in [3.05, 3.63) is 0 Å². The molecule has 0 aromatic heterocycles. The van der Waals surface area contributed by atoms with Gasteiger partial charge in [0.15, 0.2) is 0 Å². The number of nitrogens with one attached hydrogen (secondary N) is 1. The van der Waals surface area contributed by atoms with Crippen LogP contribution in [0, 0.1) is 0 Å². The third-order valence-electron chi connectivity index (χ3n) is 0.959. The quantitative estimate of drug-likeness (QED) is 0.473. The largest absolute Gasteiger partial charge is 0.345 e. The first-order valence-corrected chi connectivity index (χ1v) is 4.65. The minimum atomic E-state index is -4.03. The van der Waals surface area contributed by atoms with Crippen molar-refractivity contribution in [1.82, 2.24) is 4.34 Å². The van der Waals surface area contributed by atoms with Crippen molar-refractivity contribution in [2.45, 2.75) is 19.1 Å². The molecule has 9 heavy (non-hydrogen) atoms. The predicted molar refractivity (Wildman–Crippen MR) is 38.2 cm³/mol. The van der Waals surface area contributed by atoms with Crippen LogP contribution in [0.5, 0.6) is 0 Å². The second-order valence-corrected chi connectivity index (χ2v) is 4.80. The smallest absolute Gasteiger partial charge is 0.323 e. The summed E-state index contributed by atoms with van der Waals surface area (Å²) in [4.78, 5) is 17.1. The molecule has 0 radical (unpaired) electrons. The van der Waals surface area contributed by atoms with Gasteiger partial charge in [0.25, 0.3) is 0 Å². The highest BCUT2D eigenvalue weighted by Crippen LogP contribution is 2.48. The van der Waals surface area contributed by atoms with E-state index in [1.165, 1.54) is 13.8 Å². The average Bonchev–Trinajstić information content (AvgIpc) is 1.64. The first-order valence-electron chi connectivity index (χ1n) is 2.25. The van der Waals surface area contributed by atoms with Crippen LogP contribution in [0.4, 0.5) is 0 Å². The molecule has 0 saturated heterocycles. The van der Waals surface area contributed by atoms with Crippen LogP contribution in [0.15, 0.2) is 0 Å². The summed E-state index contributed by atoms with van der Waals surface area (Å²) in [7, 11) is -4.03. The van der Waals surface area contributed by atoms with E-state index in [0.717, 1.165) is 0 Å². The number of hydrogen-bond acceptors (Lipinski definition) is 2. The van der Waals surface area contributed by atoms with E-state index >= 15 is 0 Å². The van der Waals surface area contributed by atoms with Gasteiger partial charge in [-0.15, -0.1) is 0 Å². The lowest BCUT2D eigenvalue weighted by atomic mass is 10.4. The van der Waals surface area contributed by atoms with Crippen LogP contribution >= 0.6 is 23.7 Å². The van der Waals surface area contributed by atoms with E-state index in [1.807, 2.05) is 0 Å². The van der Waals surface area contributed by atoms with E-state index in [1.54, 1.807) is 0 Å². The Bertz CT molecular complexity index is 142. The summed E-state index contributed by atoms with van der Waals surface area (Å²) in [6.07, 6.45) is 0. The Labute approximate surface area is 62.1 Å². The lowest BCUT2D eigenvalue weighted by molar-refractivity contribution is 0.333. The van der Waals surface area contributed by atoms with E-state index in [4.69, 9.17) is 9.79 Å². The van der Waals surface area contributed by atoms with Crippen molar-refractivity contribution in [3.63, 3.8) is 0 Å². The molecule has 0 aromatic rings. The molecule has 0 aliphatic carbocycles. The third-order valence-corrected chi connectivity index (χ3v) is 3.83. The van der Waals surface area contributed by atoms with Crippen molar-refractivity contribution < 1.29 is 14.4 Å². The van der Waals surface area contributed by atoms with Crippen molar-refractivity contribution in [2.24, 2.45) is 0 Å². The maximum atomic E-state index is 10.5. The summed E-state index contributed by atoms with van der Waals surface area (Å²) in [5, 5.41) is -1.19. The first kappa shape index (κ1) is 9.59. The minimum Gasteiger partial charge on any atom is -0.323 e. The number of hydrogen-bond donors (Lipinski definition) is 3. The fourth-order valence-corrected chi connectivity index (χ4v) is 0.858. The van der Waals surface area contributed by atoms with Crippen LogP contribution in [0.3, 0.4) is 0 Å². The first-order chi connectivity index (χ1) is 3.81. The monoisotopic (exact) mass is 217 g/mol. The van der Waals surface area contributed by atoms with Gasteiger partial charge in [-0.3, -0.25) is 4.57 Å². The Balaban J connectivity index is 4.34.